The van der Waals surface area contributed by atoms with Gasteiger partial charge in [0, 0.05) is 0 Å². The van der Waals surface area contributed by atoms with Crippen LogP contribution in [0.1, 0.15) is 0 Å². The zero-order valence-corrected chi connectivity index (χ0v) is 10.6. The summed E-state index contributed by atoms with van der Waals surface area (Å²) in [7, 11) is -5.84. The zero-order valence-electron chi connectivity index (χ0n) is 9.67. The van der Waals surface area contributed by atoms with Crippen molar-refractivity contribution in [3.63, 3.8) is 0 Å². The molecular formula is C6H6F8LiO4P. The molecule has 0 amide bonds. The molecule has 0 radical (unpaired) electrons. The van der Waals surface area contributed by atoms with E-state index < -0.39 is 45.7 Å². The van der Waals surface area contributed by atoms with Crippen LogP contribution in [0, 0.1) is 0 Å². The summed E-state index contributed by atoms with van der Waals surface area (Å²) in [6.45, 7) is -4.74. The van der Waals surface area contributed by atoms with Gasteiger partial charge < -0.3 is 13.9 Å². The predicted octanol–water partition coefficient (Wildman–Crippen LogP) is -0.707. The van der Waals surface area contributed by atoms with E-state index in [4.69, 9.17) is 0 Å². The Hall–Kier alpha value is 0.147. The summed E-state index contributed by atoms with van der Waals surface area (Å²) >= 11 is 0. The molecule has 0 aromatic heterocycles. The van der Waals surface area contributed by atoms with Crippen LogP contribution >= 0.6 is 7.82 Å². The fourth-order valence-electron chi connectivity index (χ4n) is 0.493. The minimum atomic E-state index is -5.84. The van der Waals surface area contributed by atoms with E-state index in [1.54, 1.807) is 0 Å². The van der Waals surface area contributed by atoms with E-state index in [1.807, 2.05) is 0 Å². The van der Waals surface area contributed by atoms with Crippen molar-refractivity contribution in [2.75, 3.05) is 13.2 Å². The molecule has 0 aliphatic carbocycles. The van der Waals surface area contributed by atoms with E-state index in [1.165, 1.54) is 0 Å². The van der Waals surface area contributed by atoms with Crippen LogP contribution in [-0.2, 0) is 13.6 Å². The molecule has 0 aliphatic heterocycles. The normalized spacial score (nSPS) is 13.8. The second-order valence-corrected chi connectivity index (χ2v) is 4.53. The third-order valence-corrected chi connectivity index (χ3v) is 2.36. The summed E-state index contributed by atoms with van der Waals surface area (Å²) < 4.78 is 112. The smallest absolute Gasteiger partial charge is 0.756 e. The van der Waals surface area contributed by atoms with E-state index in [0.717, 1.165) is 0 Å². The van der Waals surface area contributed by atoms with Crippen LogP contribution in [0.25, 0.3) is 0 Å². The summed E-state index contributed by atoms with van der Waals surface area (Å²) in [5.74, 6) is -9.73. The molecule has 0 N–H and O–H groups in total. The van der Waals surface area contributed by atoms with Gasteiger partial charge in [0.2, 0.25) is 0 Å². The van der Waals surface area contributed by atoms with Crippen molar-refractivity contribution in [2.45, 2.75) is 24.7 Å². The van der Waals surface area contributed by atoms with Crippen LogP contribution in [0.2, 0.25) is 0 Å². The maximum atomic E-state index is 12.2. The molecule has 4 nitrogen and oxygen atoms in total. The summed E-state index contributed by atoms with van der Waals surface area (Å²) in [4.78, 5) is 10.6. The first kappa shape index (κ1) is 22.4. The molecule has 0 spiro atoms. The Morgan fingerprint density at radius 2 is 1.15 bits per heavy atom. The van der Waals surface area contributed by atoms with E-state index in [9.17, 15) is 44.6 Å². The molecule has 0 rings (SSSR count). The summed E-state index contributed by atoms with van der Waals surface area (Å²) in [6, 6.07) is 0. The van der Waals surface area contributed by atoms with Crippen molar-refractivity contribution in [3.05, 3.63) is 0 Å². The maximum Gasteiger partial charge on any atom is 1.00 e. The van der Waals surface area contributed by atoms with E-state index in [2.05, 4.69) is 9.05 Å². The molecule has 14 heteroatoms. The second-order valence-electron chi connectivity index (χ2n) is 3.12. The topological polar surface area (TPSA) is 58.6 Å². The molecule has 0 fully saturated rings. The molecule has 0 unspecified atom stereocenters. The van der Waals surface area contributed by atoms with Gasteiger partial charge in [0.05, 0.1) is 0 Å². The molecule has 0 heterocycles. The molecule has 0 aromatic rings. The number of hydrogen-bond donors (Lipinski definition) is 0. The largest absolute Gasteiger partial charge is 1.00 e. The van der Waals surface area contributed by atoms with Crippen LogP contribution in [0.3, 0.4) is 0 Å². The monoisotopic (exact) mass is 332 g/mol. The van der Waals surface area contributed by atoms with Crippen molar-refractivity contribution >= 4 is 7.82 Å². The van der Waals surface area contributed by atoms with Crippen molar-refractivity contribution < 1.29 is 72.5 Å². The van der Waals surface area contributed by atoms with Crippen LogP contribution in [0.4, 0.5) is 35.1 Å². The number of rotatable bonds is 8. The number of phosphoric ester groups is 1. The Morgan fingerprint density at radius 1 is 0.900 bits per heavy atom. The SMILES string of the molecule is O=P([O-])(OCC(F)(F)C(F)F)OCC(F)(F)C(F)F.[Li+]. The van der Waals surface area contributed by atoms with Crippen molar-refractivity contribution in [1.29, 1.82) is 0 Å². The third-order valence-electron chi connectivity index (χ3n) is 1.47. The van der Waals surface area contributed by atoms with Crippen molar-refractivity contribution in [2.24, 2.45) is 0 Å². The maximum absolute atomic E-state index is 12.2. The zero-order chi connectivity index (χ0) is 15.5. The molecule has 0 aliphatic rings. The standard InChI is InChI=1S/C6H7F8O4P.Li/c7-3(8)5(11,12)1-17-19(15,16)18-2-6(13,14)4(9)10;/h3-4H,1-2H2,(H,15,16);/q;+1/p-1. The Labute approximate surface area is 119 Å². The molecule has 0 aromatic carbocycles. The van der Waals surface area contributed by atoms with Crippen LogP contribution < -0.4 is 23.8 Å². The Balaban J connectivity index is 0. The number of phosphoric acid groups is 1. The van der Waals surface area contributed by atoms with Gasteiger partial charge in [0.1, 0.15) is 13.2 Å². The van der Waals surface area contributed by atoms with Gasteiger partial charge in [-0.05, 0) is 0 Å². The van der Waals surface area contributed by atoms with E-state index >= 15 is 0 Å². The predicted molar refractivity (Wildman–Crippen MR) is 41.4 cm³/mol. The van der Waals surface area contributed by atoms with Gasteiger partial charge >= 0.3 is 43.6 Å². The van der Waals surface area contributed by atoms with Gasteiger partial charge in [0.25, 0.3) is 7.82 Å². The Bertz CT molecular complexity index is 313. The van der Waals surface area contributed by atoms with Crippen LogP contribution in [0.15, 0.2) is 0 Å². The molecule has 0 saturated carbocycles. The van der Waals surface area contributed by atoms with Gasteiger partial charge in [-0.15, -0.1) is 0 Å². The number of halogens is 8. The van der Waals surface area contributed by atoms with Crippen molar-refractivity contribution in [1.82, 2.24) is 0 Å². The number of hydrogen-bond acceptors (Lipinski definition) is 4. The minimum absolute atomic E-state index is 0. The van der Waals surface area contributed by atoms with Crippen LogP contribution in [0.5, 0.6) is 0 Å². The molecule has 0 bridgehead atoms. The molecule has 0 saturated heterocycles. The molecule has 0 atom stereocenters. The first-order valence-corrected chi connectivity index (χ1v) is 5.68. The fraction of sp³-hybridized carbons (Fsp3) is 1.00. The number of alkyl halides is 8. The van der Waals surface area contributed by atoms with Gasteiger partial charge in [-0.1, -0.05) is 0 Å². The third kappa shape index (κ3) is 7.80. The minimum Gasteiger partial charge on any atom is -0.756 e. The van der Waals surface area contributed by atoms with Crippen molar-refractivity contribution in [3.8, 4) is 0 Å². The first-order chi connectivity index (χ1) is 8.30. The molecule has 116 valence electrons. The second kappa shape index (κ2) is 7.96. The Kier molecular flexibility index (Phi) is 8.93. The van der Waals surface area contributed by atoms with Gasteiger partial charge in [0.15, 0.2) is 0 Å². The molecular weight excluding hydrogens is 326 g/mol. The average molecular weight is 332 g/mol. The molecule has 20 heavy (non-hydrogen) atoms. The van der Waals surface area contributed by atoms with E-state index in [0.29, 0.717) is 0 Å². The van der Waals surface area contributed by atoms with Gasteiger partial charge in [-0.2, -0.15) is 17.6 Å². The average Bonchev–Trinajstić information content (AvgIpc) is 2.24. The summed E-state index contributed by atoms with van der Waals surface area (Å²) in [6.07, 6.45) is -8.54. The van der Waals surface area contributed by atoms with Gasteiger partial charge in [-0.25, -0.2) is 17.6 Å². The van der Waals surface area contributed by atoms with Crippen LogP contribution in [-0.4, -0.2) is 37.9 Å². The Morgan fingerprint density at radius 3 is 1.35 bits per heavy atom. The fourth-order valence-corrected chi connectivity index (χ4v) is 1.23. The van der Waals surface area contributed by atoms with E-state index in [-0.39, 0.29) is 18.9 Å². The first-order valence-electron chi connectivity index (χ1n) is 4.22. The summed E-state index contributed by atoms with van der Waals surface area (Å²) in [5, 5.41) is 0. The quantitative estimate of drug-likeness (QED) is 0.335. The summed E-state index contributed by atoms with van der Waals surface area (Å²) in [5.41, 5.74) is 0. The van der Waals surface area contributed by atoms with Gasteiger partial charge in [-0.3, -0.25) is 4.57 Å².